The third kappa shape index (κ3) is 4.40. The fraction of sp³-hybridized carbons (Fsp3) is 0.312. The number of nitrogens with zero attached hydrogens (tertiary/aromatic N) is 2. The maximum Gasteiger partial charge on any atom is 0.271 e. The number of ether oxygens (including phenoxy) is 1. The Kier molecular flexibility index (Phi) is 5.48. The van der Waals surface area contributed by atoms with Gasteiger partial charge in [0.05, 0.1) is 13.2 Å². The van der Waals surface area contributed by atoms with Gasteiger partial charge in [-0.15, -0.1) is 0 Å². The van der Waals surface area contributed by atoms with E-state index < -0.39 is 0 Å². The van der Waals surface area contributed by atoms with Crippen molar-refractivity contribution in [2.24, 2.45) is 0 Å². The van der Waals surface area contributed by atoms with Gasteiger partial charge in [-0.05, 0) is 37.9 Å². The Morgan fingerprint density at radius 1 is 1.35 bits per heavy atom. The molecule has 1 amide bonds. The van der Waals surface area contributed by atoms with E-state index in [4.69, 9.17) is 4.74 Å². The van der Waals surface area contributed by atoms with Gasteiger partial charge < -0.3 is 15.0 Å². The minimum atomic E-state index is -0.343. The highest BCUT2D eigenvalue weighted by Gasteiger charge is 2.17. The lowest BCUT2D eigenvalue weighted by molar-refractivity contribution is 0.0936. The molecule has 0 radical (unpaired) electrons. The molecular weight excluding hydrogens is 296 g/mol. The molecule has 0 saturated carbocycles. The molecule has 0 spiro atoms. The molecule has 1 unspecified atom stereocenters. The van der Waals surface area contributed by atoms with Crippen LogP contribution in [0.1, 0.15) is 22.1 Å². The van der Waals surface area contributed by atoms with Gasteiger partial charge in [-0.3, -0.25) is 9.59 Å². The predicted molar refractivity (Wildman–Crippen MR) is 86.6 cm³/mol. The average molecular weight is 316 g/mol. The van der Waals surface area contributed by atoms with E-state index in [1.807, 2.05) is 43.3 Å². The van der Waals surface area contributed by atoms with Crippen molar-refractivity contribution in [2.45, 2.75) is 6.04 Å². The number of H-pyrrole nitrogens is 1. The van der Waals surface area contributed by atoms with Crippen LogP contribution in [-0.4, -0.2) is 48.8 Å². The molecule has 23 heavy (non-hydrogen) atoms. The summed E-state index contributed by atoms with van der Waals surface area (Å²) in [6, 6.07) is 10.4. The monoisotopic (exact) mass is 316 g/mol. The highest BCUT2D eigenvalue weighted by molar-refractivity contribution is 5.91. The van der Waals surface area contributed by atoms with Gasteiger partial charge in [-0.1, -0.05) is 12.1 Å². The zero-order valence-corrected chi connectivity index (χ0v) is 13.4. The summed E-state index contributed by atoms with van der Waals surface area (Å²) < 4.78 is 5.24. The molecule has 7 heteroatoms. The molecule has 0 fully saturated rings. The van der Waals surface area contributed by atoms with Crippen LogP contribution in [-0.2, 0) is 0 Å². The molecule has 0 bridgehead atoms. The highest BCUT2D eigenvalue weighted by atomic mass is 16.5. The van der Waals surface area contributed by atoms with Crippen LogP contribution in [0, 0.1) is 0 Å². The van der Waals surface area contributed by atoms with E-state index in [0.717, 1.165) is 11.3 Å². The number of rotatable bonds is 6. The Bertz CT molecular complexity index is 707. The second kappa shape index (κ2) is 7.55. The molecule has 1 heterocycles. The summed E-state index contributed by atoms with van der Waals surface area (Å²) in [6.45, 7) is 0.403. The minimum absolute atomic E-state index is 0.0168. The second-order valence-corrected chi connectivity index (χ2v) is 5.27. The minimum Gasteiger partial charge on any atom is -0.497 e. The van der Waals surface area contributed by atoms with Gasteiger partial charge >= 0.3 is 0 Å². The standard InChI is InChI=1S/C16H20N4O3/c1-20(2)14(11-5-4-6-12(9-11)23-3)10-17-16(22)13-7-8-15(21)19-18-13/h4-9,14H,10H2,1-3H3,(H,17,22)(H,19,21). The molecule has 0 aliphatic rings. The summed E-state index contributed by atoms with van der Waals surface area (Å²) in [5.41, 5.74) is 0.862. The van der Waals surface area contributed by atoms with Crippen molar-refractivity contribution in [3.05, 3.63) is 58.0 Å². The number of aromatic nitrogens is 2. The molecule has 1 atom stereocenters. The van der Waals surface area contributed by atoms with E-state index in [1.165, 1.54) is 12.1 Å². The van der Waals surface area contributed by atoms with Crippen LogP contribution in [0.5, 0.6) is 5.75 Å². The second-order valence-electron chi connectivity index (χ2n) is 5.27. The number of aromatic amines is 1. The molecule has 2 N–H and O–H groups in total. The van der Waals surface area contributed by atoms with Crippen molar-refractivity contribution in [1.82, 2.24) is 20.4 Å². The van der Waals surface area contributed by atoms with Crippen LogP contribution in [0.15, 0.2) is 41.2 Å². The molecule has 2 rings (SSSR count). The predicted octanol–water partition coefficient (Wildman–Crippen LogP) is 0.811. The Hall–Kier alpha value is -2.67. The van der Waals surface area contributed by atoms with Gasteiger partial charge in [0.1, 0.15) is 11.4 Å². The van der Waals surface area contributed by atoms with Crippen molar-refractivity contribution in [2.75, 3.05) is 27.7 Å². The van der Waals surface area contributed by atoms with Crippen LogP contribution in [0.3, 0.4) is 0 Å². The normalized spacial score (nSPS) is 12.0. The van der Waals surface area contributed by atoms with E-state index >= 15 is 0 Å². The Morgan fingerprint density at radius 3 is 2.74 bits per heavy atom. The number of hydrogen-bond donors (Lipinski definition) is 2. The molecule has 7 nitrogen and oxygen atoms in total. The lowest BCUT2D eigenvalue weighted by Crippen LogP contribution is -2.35. The van der Waals surface area contributed by atoms with Crippen LogP contribution in [0.25, 0.3) is 0 Å². The van der Waals surface area contributed by atoms with Crippen LogP contribution < -0.4 is 15.6 Å². The molecule has 122 valence electrons. The zero-order chi connectivity index (χ0) is 16.8. The summed E-state index contributed by atoms with van der Waals surface area (Å²) in [5, 5.41) is 8.79. The maximum absolute atomic E-state index is 12.1. The van der Waals surface area contributed by atoms with E-state index in [9.17, 15) is 9.59 Å². The summed E-state index contributed by atoms with van der Waals surface area (Å²) in [7, 11) is 5.50. The van der Waals surface area contributed by atoms with Crippen molar-refractivity contribution in [1.29, 1.82) is 0 Å². The van der Waals surface area contributed by atoms with Crippen molar-refractivity contribution < 1.29 is 9.53 Å². The first-order valence-electron chi connectivity index (χ1n) is 7.15. The van der Waals surface area contributed by atoms with Crippen LogP contribution in [0.2, 0.25) is 0 Å². The first kappa shape index (κ1) is 16.7. The fourth-order valence-electron chi connectivity index (χ4n) is 2.20. The third-order valence-electron chi connectivity index (χ3n) is 3.47. The van der Waals surface area contributed by atoms with E-state index in [0.29, 0.717) is 6.54 Å². The van der Waals surface area contributed by atoms with Crippen molar-refractivity contribution >= 4 is 5.91 Å². The number of hydrogen-bond acceptors (Lipinski definition) is 5. The SMILES string of the molecule is COc1cccc(C(CNC(=O)c2ccc(=O)[nH]n2)N(C)C)c1. The topological polar surface area (TPSA) is 87.3 Å². The summed E-state index contributed by atoms with van der Waals surface area (Å²) >= 11 is 0. The first-order valence-corrected chi connectivity index (χ1v) is 7.15. The molecule has 1 aromatic carbocycles. The van der Waals surface area contributed by atoms with Crippen LogP contribution in [0.4, 0.5) is 0 Å². The fourth-order valence-corrected chi connectivity index (χ4v) is 2.20. The van der Waals surface area contributed by atoms with Gasteiger partial charge in [0.2, 0.25) is 0 Å². The van der Waals surface area contributed by atoms with Crippen molar-refractivity contribution in [3.8, 4) is 5.75 Å². The first-order chi connectivity index (χ1) is 11.0. The van der Waals surface area contributed by atoms with Gasteiger partial charge in [-0.25, -0.2) is 5.10 Å². The van der Waals surface area contributed by atoms with Gasteiger partial charge in [-0.2, -0.15) is 5.10 Å². The number of benzene rings is 1. The van der Waals surface area contributed by atoms with E-state index in [1.54, 1.807) is 7.11 Å². The lowest BCUT2D eigenvalue weighted by Gasteiger charge is -2.25. The van der Waals surface area contributed by atoms with Crippen molar-refractivity contribution in [3.63, 3.8) is 0 Å². The number of nitrogens with one attached hydrogen (secondary N) is 2. The Morgan fingerprint density at radius 2 is 2.13 bits per heavy atom. The third-order valence-corrected chi connectivity index (χ3v) is 3.47. The number of carbonyl (C=O) groups excluding carboxylic acids is 1. The molecule has 1 aromatic heterocycles. The summed E-state index contributed by atoms with van der Waals surface area (Å²) in [4.78, 5) is 25.1. The average Bonchev–Trinajstić information content (AvgIpc) is 2.55. The smallest absolute Gasteiger partial charge is 0.271 e. The number of methoxy groups -OCH3 is 1. The quantitative estimate of drug-likeness (QED) is 0.823. The highest BCUT2D eigenvalue weighted by Crippen LogP contribution is 2.22. The Balaban J connectivity index is 2.09. The Labute approximate surface area is 134 Å². The molecule has 0 aliphatic heterocycles. The van der Waals surface area contributed by atoms with Gasteiger partial charge in [0, 0.05) is 12.6 Å². The zero-order valence-electron chi connectivity index (χ0n) is 13.4. The molecule has 0 aliphatic carbocycles. The largest absolute Gasteiger partial charge is 0.497 e. The van der Waals surface area contributed by atoms with Crippen LogP contribution >= 0.6 is 0 Å². The molecule has 2 aromatic rings. The maximum atomic E-state index is 12.1. The number of amides is 1. The molecular formula is C16H20N4O3. The lowest BCUT2D eigenvalue weighted by atomic mass is 10.1. The van der Waals surface area contributed by atoms with E-state index in [-0.39, 0.29) is 23.2 Å². The number of carbonyl (C=O) groups is 1. The van der Waals surface area contributed by atoms with E-state index in [2.05, 4.69) is 15.5 Å². The number of likely N-dealkylation sites (N-methyl/N-ethyl adjacent to an activating group) is 1. The van der Waals surface area contributed by atoms with Gasteiger partial charge in [0.15, 0.2) is 0 Å². The summed E-state index contributed by atoms with van der Waals surface area (Å²) in [5.74, 6) is 0.430. The van der Waals surface area contributed by atoms with Gasteiger partial charge in [0.25, 0.3) is 11.5 Å². The summed E-state index contributed by atoms with van der Waals surface area (Å²) in [6.07, 6.45) is 0. The molecule has 0 saturated heterocycles.